The van der Waals surface area contributed by atoms with Crippen molar-refractivity contribution >= 4 is 31.6 Å². The summed E-state index contributed by atoms with van der Waals surface area (Å²) < 4.78 is 37.4. The van der Waals surface area contributed by atoms with Crippen molar-refractivity contribution in [2.45, 2.75) is 11.3 Å². The van der Waals surface area contributed by atoms with E-state index >= 15 is 0 Å². The molecule has 0 aliphatic rings. The molecule has 1 aromatic heterocycles. The SMILES string of the molecule is COc1cc(Br)c(N)cc1S(=O)(=O)NCCc1ncno1. The number of rotatable bonds is 6. The molecule has 0 saturated carbocycles. The summed E-state index contributed by atoms with van der Waals surface area (Å²) in [6, 6.07) is 2.83. The van der Waals surface area contributed by atoms with E-state index in [1.165, 1.54) is 25.6 Å². The molecule has 8 nitrogen and oxygen atoms in total. The molecule has 0 spiro atoms. The summed E-state index contributed by atoms with van der Waals surface area (Å²) in [5.41, 5.74) is 6.02. The maximum atomic E-state index is 12.3. The third-order valence-electron chi connectivity index (χ3n) is 2.61. The number of hydrogen-bond donors (Lipinski definition) is 2. The van der Waals surface area contributed by atoms with E-state index in [2.05, 4.69) is 30.8 Å². The maximum absolute atomic E-state index is 12.3. The number of benzene rings is 1. The van der Waals surface area contributed by atoms with Crippen LogP contribution in [0.1, 0.15) is 5.89 Å². The molecule has 0 bridgehead atoms. The van der Waals surface area contributed by atoms with Crippen molar-refractivity contribution in [1.29, 1.82) is 0 Å². The number of nitrogens with zero attached hydrogens (tertiary/aromatic N) is 2. The Balaban J connectivity index is 2.17. The Bertz CT molecular complexity index is 718. The quantitative estimate of drug-likeness (QED) is 0.719. The molecule has 2 rings (SSSR count). The fraction of sp³-hybridized carbons (Fsp3) is 0.273. The zero-order chi connectivity index (χ0) is 15.5. The van der Waals surface area contributed by atoms with Crippen LogP contribution in [0.5, 0.6) is 5.75 Å². The van der Waals surface area contributed by atoms with Crippen LogP contribution in [-0.4, -0.2) is 32.2 Å². The van der Waals surface area contributed by atoms with Crippen LogP contribution in [0.15, 0.2) is 32.4 Å². The van der Waals surface area contributed by atoms with Gasteiger partial charge in [-0.1, -0.05) is 5.16 Å². The molecule has 0 amide bonds. The molecular weight excluding hydrogens is 364 g/mol. The first-order valence-corrected chi connectivity index (χ1v) is 8.10. The van der Waals surface area contributed by atoms with Crippen LogP contribution in [0, 0.1) is 0 Å². The van der Waals surface area contributed by atoms with Crippen molar-refractivity contribution in [3.05, 3.63) is 28.8 Å². The molecule has 0 saturated heterocycles. The van der Waals surface area contributed by atoms with Crippen molar-refractivity contribution in [3.63, 3.8) is 0 Å². The van der Waals surface area contributed by atoms with Gasteiger partial charge >= 0.3 is 0 Å². The summed E-state index contributed by atoms with van der Waals surface area (Å²) >= 11 is 3.22. The monoisotopic (exact) mass is 376 g/mol. The molecule has 2 aromatic rings. The first-order chi connectivity index (χ1) is 9.94. The topological polar surface area (TPSA) is 120 Å². The number of nitrogen functional groups attached to an aromatic ring is 1. The van der Waals surface area contributed by atoms with Gasteiger partial charge < -0.3 is 15.0 Å². The highest BCUT2D eigenvalue weighted by Crippen LogP contribution is 2.32. The second kappa shape index (κ2) is 6.41. The zero-order valence-corrected chi connectivity index (χ0v) is 13.4. The third-order valence-corrected chi connectivity index (χ3v) is 4.78. The van der Waals surface area contributed by atoms with Crippen LogP contribution in [0.25, 0.3) is 0 Å². The van der Waals surface area contributed by atoms with E-state index in [-0.39, 0.29) is 23.6 Å². The number of nitrogens with one attached hydrogen (secondary N) is 1. The second-order valence-electron chi connectivity index (χ2n) is 4.01. The molecular formula is C11H13BrN4O4S. The molecule has 3 N–H and O–H groups in total. The lowest BCUT2D eigenvalue weighted by atomic mass is 10.3. The number of halogens is 1. The lowest BCUT2D eigenvalue weighted by molar-refractivity contribution is 0.377. The standard InChI is InChI=1S/C11H13BrN4O4S/c1-19-9-4-7(12)8(13)5-10(9)21(17,18)16-3-2-11-14-6-15-20-11/h4-6,16H,2-3,13H2,1H3. The molecule has 1 aromatic carbocycles. The fourth-order valence-electron chi connectivity index (χ4n) is 1.60. The van der Waals surface area contributed by atoms with Gasteiger partial charge in [-0.25, -0.2) is 13.1 Å². The summed E-state index contributed by atoms with van der Waals surface area (Å²) in [5.74, 6) is 0.543. The van der Waals surface area contributed by atoms with Crippen LogP contribution >= 0.6 is 15.9 Å². The lowest BCUT2D eigenvalue weighted by Crippen LogP contribution is -2.26. The van der Waals surface area contributed by atoms with Crippen molar-refractivity contribution in [2.75, 3.05) is 19.4 Å². The largest absolute Gasteiger partial charge is 0.495 e. The van der Waals surface area contributed by atoms with Gasteiger partial charge in [-0.3, -0.25) is 0 Å². The molecule has 21 heavy (non-hydrogen) atoms. The summed E-state index contributed by atoms with van der Waals surface area (Å²) in [4.78, 5) is 3.77. The van der Waals surface area contributed by atoms with Crippen LogP contribution < -0.4 is 15.2 Å². The molecule has 0 atom stereocenters. The molecule has 114 valence electrons. The molecule has 0 aliphatic heterocycles. The van der Waals surface area contributed by atoms with Crippen LogP contribution in [0.2, 0.25) is 0 Å². The predicted molar refractivity (Wildman–Crippen MR) is 78.3 cm³/mol. The van der Waals surface area contributed by atoms with Crippen LogP contribution in [0.4, 0.5) is 5.69 Å². The average molecular weight is 377 g/mol. The van der Waals surface area contributed by atoms with Gasteiger partial charge in [0.05, 0.1) is 7.11 Å². The Morgan fingerprint density at radius 1 is 1.48 bits per heavy atom. The van der Waals surface area contributed by atoms with Crippen molar-refractivity contribution in [1.82, 2.24) is 14.9 Å². The molecule has 1 heterocycles. The second-order valence-corrected chi connectivity index (χ2v) is 6.60. The van der Waals surface area contributed by atoms with Gasteiger partial charge in [0.1, 0.15) is 10.6 Å². The van der Waals surface area contributed by atoms with Gasteiger partial charge in [0.2, 0.25) is 15.9 Å². The van der Waals surface area contributed by atoms with E-state index < -0.39 is 10.0 Å². The van der Waals surface area contributed by atoms with Crippen LogP contribution in [-0.2, 0) is 16.4 Å². The average Bonchev–Trinajstić information content (AvgIpc) is 2.94. The first kappa shape index (κ1) is 15.7. The Morgan fingerprint density at radius 3 is 2.86 bits per heavy atom. The summed E-state index contributed by atoms with van der Waals surface area (Å²) in [5, 5.41) is 3.44. The first-order valence-electron chi connectivity index (χ1n) is 5.82. The van der Waals surface area contributed by atoms with E-state index in [0.29, 0.717) is 16.1 Å². The van der Waals surface area contributed by atoms with E-state index in [4.69, 9.17) is 15.0 Å². The number of hydrogen-bond acceptors (Lipinski definition) is 7. The van der Waals surface area contributed by atoms with Gasteiger partial charge in [0, 0.05) is 23.1 Å². The van der Waals surface area contributed by atoms with Crippen molar-refractivity contribution < 1.29 is 17.7 Å². The summed E-state index contributed by atoms with van der Waals surface area (Å²) in [6.45, 7) is 0.115. The van der Waals surface area contributed by atoms with Gasteiger partial charge in [0.15, 0.2) is 6.33 Å². The van der Waals surface area contributed by atoms with Crippen molar-refractivity contribution in [3.8, 4) is 5.75 Å². The zero-order valence-electron chi connectivity index (χ0n) is 11.0. The van der Waals surface area contributed by atoms with E-state index in [9.17, 15) is 8.42 Å². The molecule has 0 radical (unpaired) electrons. The Kier molecular flexibility index (Phi) is 4.80. The highest BCUT2D eigenvalue weighted by molar-refractivity contribution is 9.10. The van der Waals surface area contributed by atoms with Crippen molar-refractivity contribution in [2.24, 2.45) is 0 Å². The highest BCUT2D eigenvalue weighted by Gasteiger charge is 2.21. The third kappa shape index (κ3) is 3.71. The van der Waals surface area contributed by atoms with Crippen LogP contribution in [0.3, 0.4) is 0 Å². The maximum Gasteiger partial charge on any atom is 0.244 e. The highest BCUT2D eigenvalue weighted by atomic mass is 79.9. The molecule has 0 fully saturated rings. The van der Waals surface area contributed by atoms with Gasteiger partial charge in [-0.05, 0) is 28.1 Å². The summed E-state index contributed by atoms with van der Waals surface area (Å²) in [6.07, 6.45) is 1.54. The number of sulfonamides is 1. The minimum absolute atomic E-state index is 0.0313. The molecule has 0 aliphatic carbocycles. The number of nitrogens with two attached hydrogens (primary N) is 1. The van der Waals surface area contributed by atoms with E-state index in [1.54, 1.807) is 0 Å². The number of ether oxygens (including phenoxy) is 1. The summed E-state index contributed by atoms with van der Waals surface area (Å²) in [7, 11) is -2.38. The lowest BCUT2D eigenvalue weighted by Gasteiger charge is -2.12. The Labute approximate surface area is 129 Å². The number of methoxy groups -OCH3 is 1. The number of anilines is 1. The Hall–Kier alpha value is -1.65. The normalized spacial score (nSPS) is 11.5. The van der Waals surface area contributed by atoms with E-state index in [1.807, 2.05) is 0 Å². The predicted octanol–water partition coefficient (Wildman–Crippen LogP) is 0.944. The fourth-order valence-corrected chi connectivity index (χ4v) is 3.13. The Morgan fingerprint density at radius 2 is 2.24 bits per heavy atom. The molecule has 0 unspecified atom stereocenters. The van der Waals surface area contributed by atoms with Gasteiger partial charge in [0.25, 0.3) is 0 Å². The minimum atomic E-state index is -3.76. The molecule has 10 heteroatoms. The van der Waals surface area contributed by atoms with E-state index in [0.717, 1.165) is 0 Å². The van der Waals surface area contributed by atoms with Gasteiger partial charge in [-0.15, -0.1) is 0 Å². The minimum Gasteiger partial charge on any atom is -0.495 e. The number of aromatic nitrogens is 2. The smallest absolute Gasteiger partial charge is 0.244 e. The van der Waals surface area contributed by atoms with Gasteiger partial charge in [-0.2, -0.15) is 4.98 Å².